The van der Waals surface area contributed by atoms with Crippen LogP contribution in [-0.2, 0) is 0 Å². The highest BCUT2D eigenvalue weighted by molar-refractivity contribution is 8.02. The van der Waals surface area contributed by atoms with Crippen LogP contribution in [0.25, 0.3) is 0 Å². The molecule has 0 atom stereocenters. The predicted octanol–water partition coefficient (Wildman–Crippen LogP) is 2.77. The summed E-state index contributed by atoms with van der Waals surface area (Å²) in [6.07, 6.45) is 6.28. The average Bonchev–Trinajstić information content (AvgIpc) is 2.00. The Balaban J connectivity index is 4.26. The van der Waals surface area contributed by atoms with Gasteiger partial charge in [0.25, 0.3) is 0 Å². The van der Waals surface area contributed by atoms with Gasteiger partial charge in [0.15, 0.2) is 0 Å². The van der Waals surface area contributed by atoms with Crippen LogP contribution in [0.4, 0.5) is 0 Å². The van der Waals surface area contributed by atoms with Crippen molar-refractivity contribution in [3.8, 4) is 0 Å². The first-order valence-electron chi connectivity index (χ1n) is 3.87. The van der Waals surface area contributed by atoms with Crippen molar-refractivity contribution in [3.63, 3.8) is 0 Å². The molecule has 0 rings (SSSR count). The van der Waals surface area contributed by atoms with Gasteiger partial charge in [0.1, 0.15) is 0 Å². The van der Waals surface area contributed by atoms with Crippen LogP contribution in [0, 0.1) is 0 Å². The van der Waals surface area contributed by atoms with E-state index in [1.54, 1.807) is 11.8 Å². The Morgan fingerprint density at radius 2 is 2.18 bits per heavy atom. The van der Waals surface area contributed by atoms with E-state index >= 15 is 0 Å². The van der Waals surface area contributed by atoms with E-state index in [1.807, 2.05) is 6.92 Å². The first-order valence-corrected chi connectivity index (χ1v) is 5.10. The number of hydrogen-bond acceptors (Lipinski definition) is 2. The maximum Gasteiger partial charge on any atom is 0.0253 e. The molecule has 0 aromatic heterocycles. The van der Waals surface area contributed by atoms with E-state index in [-0.39, 0.29) is 0 Å². The maximum absolute atomic E-state index is 3.29. The Bertz CT molecular complexity index is 159. The van der Waals surface area contributed by atoms with E-state index in [2.05, 4.69) is 37.6 Å². The Morgan fingerprint density at radius 3 is 2.55 bits per heavy atom. The molecule has 0 heterocycles. The van der Waals surface area contributed by atoms with Crippen molar-refractivity contribution in [2.75, 3.05) is 12.8 Å². The fourth-order valence-electron chi connectivity index (χ4n) is 0.850. The lowest BCUT2D eigenvalue weighted by Crippen LogP contribution is -2.10. The van der Waals surface area contributed by atoms with E-state index in [0.29, 0.717) is 0 Å². The first-order chi connectivity index (χ1) is 5.26. The molecule has 0 aliphatic rings. The van der Waals surface area contributed by atoms with Crippen LogP contribution < -0.4 is 5.32 Å². The van der Waals surface area contributed by atoms with Gasteiger partial charge in [0, 0.05) is 17.1 Å². The second-order valence-corrected chi connectivity index (χ2v) is 3.07. The van der Waals surface area contributed by atoms with E-state index in [0.717, 1.165) is 6.54 Å². The van der Waals surface area contributed by atoms with Crippen LogP contribution in [0.15, 0.2) is 22.8 Å². The van der Waals surface area contributed by atoms with Gasteiger partial charge in [0.2, 0.25) is 0 Å². The number of thioether (sulfide) groups is 1. The summed E-state index contributed by atoms with van der Waals surface area (Å²) in [5.74, 6) is 0. The molecule has 64 valence electrons. The summed E-state index contributed by atoms with van der Waals surface area (Å²) in [5, 5.41) is 3.29. The lowest BCUT2D eigenvalue weighted by atomic mass is 10.4. The predicted molar refractivity (Wildman–Crippen MR) is 54.7 cm³/mol. The third kappa shape index (κ3) is 4.14. The van der Waals surface area contributed by atoms with Crippen molar-refractivity contribution in [1.29, 1.82) is 0 Å². The molecule has 0 spiro atoms. The molecule has 0 saturated carbocycles. The first kappa shape index (κ1) is 10.6. The molecule has 11 heavy (non-hydrogen) atoms. The third-order valence-electron chi connectivity index (χ3n) is 1.35. The standard InChI is InChI=1S/C9H17NS/c1-5-7-9(11-4)8(3)10-6-2/h5,7,10H,6H2,1-4H3/b7-5-,9-8-. The van der Waals surface area contributed by atoms with Gasteiger partial charge in [-0.3, -0.25) is 0 Å². The highest BCUT2D eigenvalue weighted by Gasteiger charge is 1.93. The normalized spacial score (nSPS) is 13.5. The van der Waals surface area contributed by atoms with Gasteiger partial charge in [-0.1, -0.05) is 12.2 Å². The van der Waals surface area contributed by atoms with Crippen LogP contribution in [0.2, 0.25) is 0 Å². The monoisotopic (exact) mass is 171 g/mol. The molecule has 0 bridgehead atoms. The van der Waals surface area contributed by atoms with Crippen LogP contribution in [0.3, 0.4) is 0 Å². The summed E-state index contributed by atoms with van der Waals surface area (Å²) in [5.41, 5.74) is 1.26. The summed E-state index contributed by atoms with van der Waals surface area (Å²) in [6, 6.07) is 0. The minimum absolute atomic E-state index is 0.993. The van der Waals surface area contributed by atoms with Crippen LogP contribution in [0.5, 0.6) is 0 Å². The smallest absolute Gasteiger partial charge is 0.0253 e. The Hall–Kier alpha value is -0.370. The molecule has 1 N–H and O–H groups in total. The van der Waals surface area contributed by atoms with E-state index in [1.165, 1.54) is 10.6 Å². The lowest BCUT2D eigenvalue weighted by Gasteiger charge is -2.06. The summed E-state index contributed by atoms with van der Waals surface area (Å²) in [4.78, 5) is 1.31. The highest BCUT2D eigenvalue weighted by atomic mass is 32.2. The Kier molecular flexibility index (Phi) is 6.13. The molecular weight excluding hydrogens is 154 g/mol. The largest absolute Gasteiger partial charge is 0.388 e. The van der Waals surface area contributed by atoms with Crippen LogP contribution in [0.1, 0.15) is 20.8 Å². The Labute approximate surface area is 74.0 Å². The van der Waals surface area contributed by atoms with Crippen LogP contribution in [-0.4, -0.2) is 12.8 Å². The molecular formula is C9H17NS. The van der Waals surface area contributed by atoms with Gasteiger partial charge < -0.3 is 5.32 Å². The Morgan fingerprint density at radius 1 is 1.55 bits per heavy atom. The fraction of sp³-hybridized carbons (Fsp3) is 0.556. The third-order valence-corrected chi connectivity index (χ3v) is 2.23. The van der Waals surface area contributed by atoms with Crippen molar-refractivity contribution in [2.45, 2.75) is 20.8 Å². The molecule has 0 aliphatic heterocycles. The van der Waals surface area contributed by atoms with Gasteiger partial charge in [-0.2, -0.15) is 0 Å². The van der Waals surface area contributed by atoms with Gasteiger partial charge in [-0.15, -0.1) is 11.8 Å². The zero-order valence-electron chi connectivity index (χ0n) is 7.77. The summed E-state index contributed by atoms with van der Waals surface area (Å²) >= 11 is 1.77. The van der Waals surface area contributed by atoms with Crippen LogP contribution >= 0.6 is 11.8 Å². The highest BCUT2D eigenvalue weighted by Crippen LogP contribution is 2.16. The van der Waals surface area contributed by atoms with E-state index < -0.39 is 0 Å². The SMILES string of the molecule is C/C=C\C(SC)=C(/C)NCC. The molecule has 0 aliphatic carbocycles. The zero-order chi connectivity index (χ0) is 8.69. The van der Waals surface area contributed by atoms with Crippen molar-refractivity contribution in [1.82, 2.24) is 5.32 Å². The molecule has 0 amide bonds. The minimum Gasteiger partial charge on any atom is -0.388 e. The number of allylic oxidation sites excluding steroid dienone is 3. The van der Waals surface area contributed by atoms with Gasteiger partial charge in [-0.05, 0) is 27.0 Å². The molecule has 0 aromatic carbocycles. The zero-order valence-corrected chi connectivity index (χ0v) is 8.59. The number of hydrogen-bond donors (Lipinski definition) is 1. The van der Waals surface area contributed by atoms with Gasteiger partial charge >= 0.3 is 0 Å². The quantitative estimate of drug-likeness (QED) is 0.653. The van der Waals surface area contributed by atoms with Crippen molar-refractivity contribution < 1.29 is 0 Å². The van der Waals surface area contributed by atoms with Crippen molar-refractivity contribution in [2.24, 2.45) is 0 Å². The van der Waals surface area contributed by atoms with Gasteiger partial charge in [-0.25, -0.2) is 0 Å². The summed E-state index contributed by atoms with van der Waals surface area (Å²) in [7, 11) is 0. The number of nitrogens with one attached hydrogen (secondary N) is 1. The molecule has 0 aromatic rings. The fourth-order valence-corrected chi connectivity index (χ4v) is 1.50. The number of rotatable bonds is 4. The van der Waals surface area contributed by atoms with Crippen molar-refractivity contribution >= 4 is 11.8 Å². The van der Waals surface area contributed by atoms with E-state index in [4.69, 9.17) is 0 Å². The second-order valence-electron chi connectivity index (χ2n) is 2.22. The summed E-state index contributed by atoms with van der Waals surface area (Å²) < 4.78 is 0. The lowest BCUT2D eigenvalue weighted by molar-refractivity contribution is 0.852. The average molecular weight is 171 g/mol. The molecule has 0 unspecified atom stereocenters. The van der Waals surface area contributed by atoms with Crippen molar-refractivity contribution in [3.05, 3.63) is 22.8 Å². The molecule has 1 nitrogen and oxygen atoms in total. The molecule has 0 radical (unpaired) electrons. The minimum atomic E-state index is 0.993. The molecule has 0 fully saturated rings. The van der Waals surface area contributed by atoms with E-state index in [9.17, 15) is 0 Å². The van der Waals surface area contributed by atoms with Gasteiger partial charge in [0.05, 0.1) is 0 Å². The topological polar surface area (TPSA) is 12.0 Å². The second kappa shape index (κ2) is 6.35. The maximum atomic E-state index is 3.29. The molecule has 0 saturated heterocycles. The summed E-state index contributed by atoms with van der Waals surface area (Å²) in [6.45, 7) is 7.25. The molecule has 2 heteroatoms.